The van der Waals surface area contributed by atoms with Crippen LogP contribution in [-0.4, -0.2) is 24.7 Å². The van der Waals surface area contributed by atoms with E-state index in [0.717, 1.165) is 12.1 Å². The van der Waals surface area contributed by atoms with Gasteiger partial charge < -0.3 is 14.8 Å². The maximum Gasteiger partial charge on any atom is 0.269 e. The molecular weight excluding hydrogens is 374 g/mol. The lowest BCUT2D eigenvalue weighted by molar-refractivity contribution is 0.0943. The lowest BCUT2D eigenvalue weighted by Crippen LogP contribution is -2.43. The molecule has 1 amide bonds. The second-order valence-electron chi connectivity index (χ2n) is 5.24. The molecule has 0 aliphatic carbocycles. The van der Waals surface area contributed by atoms with Crippen molar-refractivity contribution in [3.8, 4) is 11.5 Å². The topological polar surface area (TPSA) is 71.6 Å². The number of amides is 1. The molecule has 8 heteroatoms. The Bertz CT molecular complexity index is 772. The van der Waals surface area contributed by atoms with Crippen LogP contribution in [0.25, 0.3) is 0 Å². The van der Waals surface area contributed by atoms with Crippen molar-refractivity contribution in [1.82, 2.24) is 10.9 Å². The summed E-state index contributed by atoms with van der Waals surface area (Å²) < 4.78 is 10.8. The third kappa shape index (κ3) is 5.50. The van der Waals surface area contributed by atoms with Gasteiger partial charge in [-0.05, 0) is 42.9 Å². The Balaban J connectivity index is 2.00. The highest BCUT2D eigenvalue weighted by molar-refractivity contribution is 7.80. The Kier molecular flexibility index (Phi) is 7.50. The second-order valence-corrected chi connectivity index (χ2v) is 6.05. The van der Waals surface area contributed by atoms with Gasteiger partial charge in [-0.2, -0.15) is 0 Å². The van der Waals surface area contributed by atoms with E-state index in [2.05, 4.69) is 16.2 Å². The number of nitrogens with one attached hydrogen (secondary N) is 3. The van der Waals surface area contributed by atoms with E-state index in [9.17, 15) is 4.79 Å². The van der Waals surface area contributed by atoms with Gasteiger partial charge in [-0.3, -0.25) is 15.6 Å². The highest BCUT2D eigenvalue weighted by atomic mass is 35.5. The number of carbonyl (C=O) groups excluding carboxylic acids is 1. The van der Waals surface area contributed by atoms with Crippen molar-refractivity contribution < 1.29 is 14.3 Å². The minimum absolute atomic E-state index is 0.255. The molecule has 0 saturated carbocycles. The van der Waals surface area contributed by atoms with Crippen LogP contribution in [0.4, 0.5) is 5.69 Å². The molecule has 0 aliphatic heterocycles. The first kappa shape index (κ1) is 19.8. The number of ether oxygens (including phenoxy) is 2. The number of para-hydroxylation sites is 1. The molecule has 138 valence electrons. The van der Waals surface area contributed by atoms with E-state index >= 15 is 0 Å². The fourth-order valence-corrected chi connectivity index (χ4v) is 2.50. The fourth-order valence-electron chi connectivity index (χ4n) is 2.06. The number of rotatable bonds is 6. The molecule has 2 rings (SSSR count). The largest absolute Gasteiger partial charge is 0.493 e. The van der Waals surface area contributed by atoms with Gasteiger partial charge in [0.25, 0.3) is 5.91 Å². The lowest BCUT2D eigenvalue weighted by Gasteiger charge is -2.15. The Hall–Kier alpha value is -2.51. The SMILES string of the molecule is CCCOc1c(Cl)cc(C(=O)NNC(=S)Nc2ccccc2)cc1OC. The molecule has 0 unspecified atom stereocenters. The monoisotopic (exact) mass is 393 g/mol. The predicted octanol–water partition coefficient (Wildman–Crippen LogP) is 3.77. The fraction of sp³-hybridized carbons (Fsp3) is 0.222. The van der Waals surface area contributed by atoms with E-state index in [1.54, 1.807) is 6.07 Å². The molecule has 0 heterocycles. The van der Waals surface area contributed by atoms with E-state index in [1.165, 1.54) is 13.2 Å². The molecule has 3 N–H and O–H groups in total. The van der Waals surface area contributed by atoms with Crippen molar-refractivity contribution in [3.05, 3.63) is 53.1 Å². The van der Waals surface area contributed by atoms with Crippen LogP contribution in [-0.2, 0) is 0 Å². The molecule has 0 atom stereocenters. The van der Waals surface area contributed by atoms with E-state index in [4.69, 9.17) is 33.3 Å². The van der Waals surface area contributed by atoms with Gasteiger partial charge in [0.2, 0.25) is 0 Å². The molecule has 6 nitrogen and oxygen atoms in total. The van der Waals surface area contributed by atoms with Crippen molar-refractivity contribution >= 4 is 40.5 Å². The first-order valence-corrected chi connectivity index (χ1v) is 8.76. The molecular formula is C18H20ClN3O3S. The molecule has 0 aromatic heterocycles. The zero-order valence-corrected chi connectivity index (χ0v) is 16.0. The number of methoxy groups -OCH3 is 1. The Morgan fingerprint density at radius 3 is 2.58 bits per heavy atom. The molecule has 2 aromatic rings. The summed E-state index contributed by atoms with van der Waals surface area (Å²) in [5.41, 5.74) is 6.27. The summed E-state index contributed by atoms with van der Waals surface area (Å²) in [6.45, 7) is 2.49. The number of anilines is 1. The van der Waals surface area contributed by atoms with Crippen molar-refractivity contribution in [2.75, 3.05) is 19.0 Å². The van der Waals surface area contributed by atoms with Crippen LogP contribution in [0.2, 0.25) is 5.02 Å². The third-order valence-corrected chi connectivity index (χ3v) is 3.75. The van der Waals surface area contributed by atoms with E-state index < -0.39 is 5.91 Å². The van der Waals surface area contributed by atoms with E-state index in [0.29, 0.717) is 28.7 Å². The summed E-state index contributed by atoms with van der Waals surface area (Å²) in [7, 11) is 1.49. The molecule has 0 aliphatic rings. The third-order valence-electron chi connectivity index (χ3n) is 3.26. The Labute approximate surface area is 162 Å². The first-order chi connectivity index (χ1) is 12.5. The number of benzene rings is 2. The van der Waals surface area contributed by atoms with Gasteiger partial charge in [-0.15, -0.1) is 0 Å². The normalized spacial score (nSPS) is 9.96. The summed E-state index contributed by atoms with van der Waals surface area (Å²) in [6, 6.07) is 12.4. The molecule has 0 saturated heterocycles. The van der Waals surface area contributed by atoms with Crippen LogP contribution in [0.3, 0.4) is 0 Å². The predicted molar refractivity (Wildman–Crippen MR) is 107 cm³/mol. The van der Waals surface area contributed by atoms with Crippen LogP contribution >= 0.6 is 23.8 Å². The van der Waals surface area contributed by atoms with Gasteiger partial charge in [-0.1, -0.05) is 36.7 Å². The number of hydrogen-bond donors (Lipinski definition) is 3. The van der Waals surface area contributed by atoms with Crippen LogP contribution in [0.5, 0.6) is 11.5 Å². The standard InChI is InChI=1S/C18H20ClN3O3S/c1-3-9-25-16-14(19)10-12(11-15(16)24-2)17(23)21-22-18(26)20-13-7-5-4-6-8-13/h4-8,10-11H,3,9H2,1-2H3,(H,21,23)(H2,20,22,26). The average Bonchev–Trinajstić information content (AvgIpc) is 2.65. The molecule has 26 heavy (non-hydrogen) atoms. The first-order valence-electron chi connectivity index (χ1n) is 7.97. The molecule has 2 aromatic carbocycles. The number of hydrazine groups is 1. The van der Waals surface area contributed by atoms with Gasteiger partial charge in [0.1, 0.15) is 0 Å². The second kappa shape index (κ2) is 9.84. The minimum Gasteiger partial charge on any atom is -0.493 e. The smallest absolute Gasteiger partial charge is 0.269 e. The van der Waals surface area contributed by atoms with Crippen molar-refractivity contribution in [1.29, 1.82) is 0 Å². The van der Waals surface area contributed by atoms with Crippen LogP contribution in [0.15, 0.2) is 42.5 Å². The number of halogens is 1. The number of hydrogen-bond acceptors (Lipinski definition) is 4. The maximum absolute atomic E-state index is 12.3. The van der Waals surface area contributed by atoms with Gasteiger partial charge in [0.05, 0.1) is 18.7 Å². The molecule has 0 fully saturated rings. The summed E-state index contributed by atoms with van der Waals surface area (Å²) in [5.74, 6) is 0.396. The van der Waals surface area contributed by atoms with Crippen LogP contribution in [0.1, 0.15) is 23.7 Å². The summed E-state index contributed by atoms with van der Waals surface area (Å²) in [5, 5.41) is 3.50. The minimum atomic E-state index is -0.413. The average molecular weight is 394 g/mol. The van der Waals surface area contributed by atoms with Gasteiger partial charge >= 0.3 is 0 Å². The summed E-state index contributed by atoms with van der Waals surface area (Å²) >= 11 is 11.4. The highest BCUT2D eigenvalue weighted by Gasteiger charge is 2.16. The zero-order valence-electron chi connectivity index (χ0n) is 14.5. The van der Waals surface area contributed by atoms with E-state index in [1.807, 2.05) is 37.3 Å². The van der Waals surface area contributed by atoms with E-state index in [-0.39, 0.29) is 5.11 Å². The molecule has 0 radical (unpaired) electrons. The van der Waals surface area contributed by atoms with Gasteiger partial charge in [-0.25, -0.2) is 0 Å². The van der Waals surface area contributed by atoms with Crippen molar-refractivity contribution in [3.63, 3.8) is 0 Å². The van der Waals surface area contributed by atoms with Gasteiger partial charge in [0, 0.05) is 11.3 Å². The number of thiocarbonyl (C=S) groups is 1. The molecule has 0 spiro atoms. The zero-order chi connectivity index (χ0) is 18.9. The maximum atomic E-state index is 12.3. The lowest BCUT2D eigenvalue weighted by atomic mass is 10.2. The Morgan fingerprint density at radius 2 is 1.92 bits per heavy atom. The van der Waals surface area contributed by atoms with Gasteiger partial charge in [0.15, 0.2) is 16.6 Å². The van der Waals surface area contributed by atoms with Crippen molar-refractivity contribution in [2.45, 2.75) is 13.3 Å². The number of carbonyl (C=O) groups is 1. The van der Waals surface area contributed by atoms with Crippen LogP contribution in [0, 0.1) is 0 Å². The van der Waals surface area contributed by atoms with Crippen LogP contribution < -0.4 is 25.6 Å². The van der Waals surface area contributed by atoms with Crippen molar-refractivity contribution in [2.24, 2.45) is 0 Å². The quantitative estimate of drug-likeness (QED) is 0.512. The summed E-state index contributed by atoms with van der Waals surface area (Å²) in [4.78, 5) is 12.3. The highest BCUT2D eigenvalue weighted by Crippen LogP contribution is 2.36. The molecule has 0 bridgehead atoms. The summed E-state index contributed by atoms with van der Waals surface area (Å²) in [6.07, 6.45) is 0.831. The Morgan fingerprint density at radius 1 is 1.19 bits per heavy atom.